The molecule has 31 heavy (non-hydrogen) atoms. The third-order valence-electron chi connectivity index (χ3n) is 4.57. The van der Waals surface area contributed by atoms with Gasteiger partial charge < -0.3 is 38.6 Å². The molecule has 0 heterocycles. The smallest absolute Gasteiger partial charge is 0.204 e. The van der Waals surface area contributed by atoms with Crippen molar-refractivity contribution in [3.8, 4) is 28.7 Å². The van der Waals surface area contributed by atoms with Gasteiger partial charge in [0.2, 0.25) is 5.75 Å². The second kappa shape index (κ2) is 12.0. The molecule has 0 aliphatic heterocycles. The van der Waals surface area contributed by atoms with Crippen LogP contribution in [0.3, 0.4) is 0 Å². The predicted octanol–water partition coefficient (Wildman–Crippen LogP) is 3.21. The molecule has 0 fully saturated rings. The van der Waals surface area contributed by atoms with Crippen LogP contribution in [-0.4, -0.2) is 65.1 Å². The van der Waals surface area contributed by atoms with Crippen molar-refractivity contribution in [1.82, 2.24) is 0 Å². The molecular formula is C23H30O8. The zero-order valence-corrected chi connectivity index (χ0v) is 18.5. The lowest BCUT2D eigenvalue weighted by Gasteiger charge is -2.27. The molecule has 0 saturated heterocycles. The van der Waals surface area contributed by atoms with Crippen LogP contribution in [0.15, 0.2) is 36.4 Å². The number of hydrogen-bond donors (Lipinski definition) is 2. The van der Waals surface area contributed by atoms with E-state index in [9.17, 15) is 10.2 Å². The van der Waals surface area contributed by atoms with E-state index in [1.54, 1.807) is 25.3 Å². The van der Waals surface area contributed by atoms with Gasteiger partial charge in [-0.2, -0.15) is 0 Å². The molecule has 2 N–H and O–H groups in total. The highest BCUT2D eigenvalue weighted by Crippen LogP contribution is 2.41. The number of aromatic hydroxyl groups is 1. The number of ether oxygens (including phenoxy) is 6. The molecule has 0 amide bonds. The van der Waals surface area contributed by atoms with Gasteiger partial charge in [-0.1, -0.05) is 12.2 Å². The minimum atomic E-state index is -0.825. The number of phenols is 1. The highest BCUT2D eigenvalue weighted by molar-refractivity contribution is 5.62. The average molecular weight is 434 g/mol. The molecule has 2 rings (SSSR count). The molecule has 170 valence electrons. The number of benzene rings is 2. The van der Waals surface area contributed by atoms with Crippen molar-refractivity contribution in [3.63, 3.8) is 0 Å². The maximum Gasteiger partial charge on any atom is 0.204 e. The number of rotatable bonds is 12. The maximum absolute atomic E-state index is 10.1. The summed E-state index contributed by atoms with van der Waals surface area (Å²) >= 11 is 0. The predicted molar refractivity (Wildman–Crippen MR) is 116 cm³/mol. The van der Waals surface area contributed by atoms with Gasteiger partial charge in [0, 0.05) is 20.3 Å². The zero-order valence-electron chi connectivity index (χ0n) is 18.5. The molecule has 0 aliphatic rings. The van der Waals surface area contributed by atoms with E-state index >= 15 is 0 Å². The molecule has 2 atom stereocenters. The van der Waals surface area contributed by atoms with Gasteiger partial charge >= 0.3 is 0 Å². The summed E-state index contributed by atoms with van der Waals surface area (Å²) in [5, 5.41) is 20.1. The first-order valence-corrected chi connectivity index (χ1v) is 9.60. The van der Waals surface area contributed by atoms with Crippen molar-refractivity contribution >= 4 is 6.08 Å². The monoisotopic (exact) mass is 434 g/mol. The summed E-state index contributed by atoms with van der Waals surface area (Å²) < 4.78 is 33.0. The number of aliphatic hydroxyl groups excluding tert-OH is 1. The van der Waals surface area contributed by atoms with E-state index in [0.29, 0.717) is 35.2 Å². The summed E-state index contributed by atoms with van der Waals surface area (Å²) in [5.41, 5.74) is 1.41. The summed E-state index contributed by atoms with van der Waals surface area (Å²) in [6.07, 6.45) is 2.20. The van der Waals surface area contributed by atoms with E-state index in [1.165, 1.54) is 40.6 Å². The number of aliphatic hydroxyl groups is 1. The molecule has 8 heteroatoms. The first-order chi connectivity index (χ1) is 15.0. The molecule has 0 bridgehead atoms. The Hall–Kier alpha value is -2.94. The molecular weight excluding hydrogens is 404 g/mol. The van der Waals surface area contributed by atoms with Gasteiger partial charge in [-0.3, -0.25) is 0 Å². The molecule has 0 radical (unpaired) electrons. The van der Waals surface area contributed by atoms with Crippen molar-refractivity contribution in [2.45, 2.75) is 12.2 Å². The molecule has 0 spiro atoms. The highest BCUT2D eigenvalue weighted by atomic mass is 16.6. The van der Waals surface area contributed by atoms with E-state index in [1.807, 2.05) is 12.2 Å². The Morgan fingerprint density at radius 3 is 2.10 bits per heavy atom. The van der Waals surface area contributed by atoms with Crippen molar-refractivity contribution in [2.24, 2.45) is 0 Å². The Bertz CT molecular complexity index is 840. The van der Waals surface area contributed by atoms with Crippen LogP contribution in [0.2, 0.25) is 0 Å². The topological polar surface area (TPSA) is 95.8 Å². The second-order valence-electron chi connectivity index (χ2n) is 6.57. The van der Waals surface area contributed by atoms with Crippen LogP contribution in [-0.2, 0) is 9.47 Å². The number of hydrogen-bond acceptors (Lipinski definition) is 8. The van der Waals surface area contributed by atoms with Gasteiger partial charge in [0.05, 0.1) is 34.5 Å². The van der Waals surface area contributed by atoms with Crippen LogP contribution in [0, 0.1) is 0 Å². The van der Waals surface area contributed by atoms with Crippen LogP contribution in [0.25, 0.3) is 6.08 Å². The van der Waals surface area contributed by atoms with E-state index < -0.39 is 12.2 Å². The summed E-state index contributed by atoms with van der Waals surface area (Å²) in [5.74, 6) is 1.64. The Balaban J connectivity index is 2.42. The molecule has 0 aromatic heterocycles. The van der Waals surface area contributed by atoms with Gasteiger partial charge in [-0.15, -0.1) is 0 Å². The van der Waals surface area contributed by atoms with Crippen molar-refractivity contribution in [2.75, 3.05) is 48.8 Å². The van der Waals surface area contributed by atoms with Crippen LogP contribution >= 0.6 is 0 Å². The zero-order chi connectivity index (χ0) is 22.8. The number of methoxy groups -OCH3 is 5. The van der Waals surface area contributed by atoms with Gasteiger partial charge in [0.1, 0.15) is 17.6 Å². The van der Waals surface area contributed by atoms with Gasteiger partial charge in [-0.05, 0) is 35.4 Å². The number of phenolic OH excluding ortho intramolecular Hbond substituents is 1. The fraction of sp³-hybridized carbons (Fsp3) is 0.391. The van der Waals surface area contributed by atoms with E-state index in [-0.39, 0.29) is 12.4 Å². The van der Waals surface area contributed by atoms with Gasteiger partial charge in [0.15, 0.2) is 17.6 Å². The van der Waals surface area contributed by atoms with Gasteiger partial charge in [0.25, 0.3) is 0 Å². The van der Waals surface area contributed by atoms with Crippen molar-refractivity contribution < 1.29 is 38.6 Å². The molecule has 2 aromatic carbocycles. The first-order valence-electron chi connectivity index (χ1n) is 9.60. The SMILES string of the molecule is COC/C=C/c1cc(OC)c(O[C@@H](CO)[C@@H](OC)c2cc(O)cc(OC)c2)c(OC)c1. The largest absolute Gasteiger partial charge is 0.508 e. The van der Waals surface area contributed by atoms with E-state index in [0.717, 1.165) is 5.56 Å². The summed E-state index contributed by atoms with van der Waals surface area (Å²) in [4.78, 5) is 0. The molecule has 0 aliphatic carbocycles. The Labute approximate surface area is 182 Å². The first kappa shape index (κ1) is 24.3. The Kier molecular flexibility index (Phi) is 9.45. The summed E-state index contributed by atoms with van der Waals surface area (Å²) in [6, 6.07) is 8.29. The fourth-order valence-electron chi connectivity index (χ4n) is 3.13. The lowest BCUT2D eigenvalue weighted by atomic mass is 10.0. The maximum atomic E-state index is 10.1. The van der Waals surface area contributed by atoms with E-state index in [4.69, 9.17) is 28.4 Å². The quantitative estimate of drug-likeness (QED) is 0.526. The fourth-order valence-corrected chi connectivity index (χ4v) is 3.13. The Morgan fingerprint density at radius 2 is 1.58 bits per heavy atom. The summed E-state index contributed by atoms with van der Waals surface area (Å²) in [6.45, 7) is 0.108. The van der Waals surface area contributed by atoms with Crippen LogP contribution in [0.1, 0.15) is 17.2 Å². The Morgan fingerprint density at radius 1 is 0.903 bits per heavy atom. The van der Waals surface area contributed by atoms with Crippen LogP contribution < -0.4 is 18.9 Å². The molecule has 8 nitrogen and oxygen atoms in total. The molecule has 0 unspecified atom stereocenters. The lowest BCUT2D eigenvalue weighted by molar-refractivity contribution is -0.0274. The minimum Gasteiger partial charge on any atom is -0.508 e. The second-order valence-corrected chi connectivity index (χ2v) is 6.57. The summed E-state index contributed by atoms with van der Waals surface area (Å²) in [7, 11) is 7.65. The van der Waals surface area contributed by atoms with Crippen LogP contribution in [0.5, 0.6) is 28.7 Å². The van der Waals surface area contributed by atoms with Crippen molar-refractivity contribution in [3.05, 3.63) is 47.5 Å². The van der Waals surface area contributed by atoms with Gasteiger partial charge in [-0.25, -0.2) is 0 Å². The average Bonchev–Trinajstić information content (AvgIpc) is 2.78. The van der Waals surface area contributed by atoms with E-state index in [2.05, 4.69) is 0 Å². The molecule has 0 saturated carbocycles. The lowest BCUT2D eigenvalue weighted by Crippen LogP contribution is -2.30. The molecule has 2 aromatic rings. The third-order valence-corrected chi connectivity index (χ3v) is 4.57. The minimum absolute atomic E-state index is 0.00968. The van der Waals surface area contributed by atoms with Crippen LogP contribution in [0.4, 0.5) is 0 Å². The normalized spacial score (nSPS) is 13.1. The highest BCUT2D eigenvalue weighted by Gasteiger charge is 2.28. The van der Waals surface area contributed by atoms with Crippen molar-refractivity contribution in [1.29, 1.82) is 0 Å². The standard InChI is InChI=1S/C23H30O8/c1-26-8-6-7-15-9-19(28-3)23(20(10-15)29-4)31-21(14-24)22(30-5)16-11-17(25)13-18(12-16)27-2/h6-7,9-13,21-22,24-25H,8,14H2,1-5H3/b7-6+/t21-,22-/m0/s1. The third kappa shape index (κ3) is 6.27.